The van der Waals surface area contributed by atoms with Crippen LogP contribution in [0, 0.1) is 0 Å². The molecule has 126 valence electrons. The fourth-order valence-corrected chi connectivity index (χ4v) is 3.66. The maximum absolute atomic E-state index is 11.8. The highest BCUT2D eigenvalue weighted by molar-refractivity contribution is 7.90. The fourth-order valence-electron chi connectivity index (χ4n) is 1.67. The molecule has 0 spiro atoms. The molecule has 2 aromatic rings. The number of anilines is 1. The van der Waals surface area contributed by atoms with Crippen molar-refractivity contribution in [1.29, 1.82) is 0 Å². The van der Waals surface area contributed by atoms with Gasteiger partial charge in [0.1, 0.15) is 0 Å². The summed E-state index contributed by atoms with van der Waals surface area (Å²) in [5.74, 6) is -0.527. The van der Waals surface area contributed by atoms with Crippen LogP contribution in [-0.4, -0.2) is 58.1 Å². The van der Waals surface area contributed by atoms with Gasteiger partial charge in [0.15, 0.2) is 15.0 Å². The summed E-state index contributed by atoms with van der Waals surface area (Å²) in [6.07, 6.45) is 2.11. The molecule has 0 atom stereocenters. The van der Waals surface area contributed by atoms with E-state index in [4.69, 9.17) is 0 Å². The molecule has 0 aliphatic heterocycles. The van der Waals surface area contributed by atoms with Crippen molar-refractivity contribution in [3.63, 3.8) is 0 Å². The zero-order valence-electron chi connectivity index (χ0n) is 12.6. The summed E-state index contributed by atoms with van der Waals surface area (Å²) < 4.78 is 47.1. The molecule has 0 aliphatic carbocycles. The molecule has 0 saturated heterocycles. The topological polar surface area (TPSA) is 114 Å². The highest BCUT2D eigenvalue weighted by Gasteiger charge is 2.17. The second kappa shape index (κ2) is 6.15. The first-order valence-corrected chi connectivity index (χ1v) is 10.8. The molecule has 1 aromatic carbocycles. The van der Waals surface area contributed by atoms with Gasteiger partial charge in [-0.3, -0.25) is 4.79 Å². The van der Waals surface area contributed by atoms with Crippen LogP contribution in [0.15, 0.2) is 23.1 Å². The van der Waals surface area contributed by atoms with E-state index >= 15 is 0 Å². The van der Waals surface area contributed by atoms with Gasteiger partial charge in [0.25, 0.3) is 0 Å². The monoisotopic (exact) mass is 377 g/mol. The molecule has 2 rings (SSSR count). The average molecular weight is 377 g/mol. The number of amides is 1. The average Bonchev–Trinajstić information content (AvgIpc) is 2.77. The van der Waals surface area contributed by atoms with Crippen LogP contribution >= 0.6 is 11.3 Å². The number of sulfone groups is 1. The standard InChI is InChI=1S/C12H15N3O5S3/c1-15(23(3,19)20)7-11(16)14-12-13-9-5-4-8(22(2,17)18)6-10(9)21-12/h4-6H,7H2,1-3H3,(H,13,14,16). The summed E-state index contributed by atoms with van der Waals surface area (Å²) in [6, 6.07) is 4.49. The Morgan fingerprint density at radius 3 is 2.48 bits per heavy atom. The Labute approximate surface area is 138 Å². The quantitative estimate of drug-likeness (QED) is 0.813. The molecule has 11 heteroatoms. The number of fused-ring (bicyclic) bond motifs is 1. The van der Waals surface area contributed by atoms with Crippen LogP contribution in [0.5, 0.6) is 0 Å². The number of benzene rings is 1. The van der Waals surface area contributed by atoms with Crippen LogP contribution in [0.2, 0.25) is 0 Å². The van der Waals surface area contributed by atoms with Crippen molar-refractivity contribution in [1.82, 2.24) is 9.29 Å². The lowest BCUT2D eigenvalue weighted by atomic mass is 10.3. The first kappa shape index (κ1) is 17.8. The Morgan fingerprint density at radius 2 is 1.91 bits per heavy atom. The van der Waals surface area contributed by atoms with E-state index in [0.29, 0.717) is 10.2 Å². The lowest BCUT2D eigenvalue weighted by Gasteiger charge is -2.12. The van der Waals surface area contributed by atoms with Gasteiger partial charge in [-0.1, -0.05) is 11.3 Å². The van der Waals surface area contributed by atoms with Crippen LogP contribution < -0.4 is 5.32 Å². The van der Waals surface area contributed by atoms with Gasteiger partial charge in [-0.25, -0.2) is 21.8 Å². The summed E-state index contributed by atoms with van der Waals surface area (Å²) in [4.78, 5) is 16.2. The molecule has 0 radical (unpaired) electrons. The van der Waals surface area contributed by atoms with Crippen LogP contribution in [0.4, 0.5) is 5.13 Å². The second-order valence-corrected chi connectivity index (χ2v) is 10.1. The van der Waals surface area contributed by atoms with Crippen LogP contribution in [0.1, 0.15) is 0 Å². The molecular weight excluding hydrogens is 362 g/mol. The van der Waals surface area contributed by atoms with Crippen molar-refractivity contribution in [3.05, 3.63) is 18.2 Å². The summed E-state index contributed by atoms with van der Waals surface area (Å²) in [7, 11) is -5.47. The third-order valence-electron chi connectivity index (χ3n) is 2.97. The molecule has 0 fully saturated rings. The normalized spacial score (nSPS) is 12.7. The van der Waals surface area contributed by atoms with E-state index in [2.05, 4.69) is 10.3 Å². The molecule has 1 amide bonds. The van der Waals surface area contributed by atoms with E-state index < -0.39 is 25.8 Å². The van der Waals surface area contributed by atoms with Crippen LogP contribution in [0.25, 0.3) is 10.2 Å². The Hall–Kier alpha value is -1.56. The molecule has 0 aliphatic rings. The number of hydrogen-bond donors (Lipinski definition) is 1. The number of aromatic nitrogens is 1. The Bertz CT molecular complexity index is 963. The number of thiazole rings is 1. The number of nitrogens with one attached hydrogen (secondary N) is 1. The molecule has 23 heavy (non-hydrogen) atoms. The predicted octanol–water partition coefficient (Wildman–Crippen LogP) is 0.530. The number of carbonyl (C=O) groups is 1. The SMILES string of the molecule is CN(CC(=O)Nc1nc2ccc(S(C)(=O)=O)cc2s1)S(C)(=O)=O. The van der Waals surface area contributed by atoms with Crippen molar-refractivity contribution in [2.75, 3.05) is 31.4 Å². The fraction of sp³-hybridized carbons (Fsp3) is 0.333. The first-order valence-electron chi connectivity index (χ1n) is 6.28. The highest BCUT2D eigenvalue weighted by atomic mass is 32.2. The van der Waals surface area contributed by atoms with Gasteiger partial charge in [-0.15, -0.1) is 0 Å². The van der Waals surface area contributed by atoms with E-state index in [0.717, 1.165) is 28.2 Å². The Morgan fingerprint density at radius 1 is 1.26 bits per heavy atom. The maximum atomic E-state index is 11.8. The van der Waals surface area contributed by atoms with Crippen LogP contribution in [0.3, 0.4) is 0 Å². The van der Waals surface area contributed by atoms with E-state index in [1.165, 1.54) is 19.2 Å². The molecular formula is C12H15N3O5S3. The zero-order valence-corrected chi connectivity index (χ0v) is 15.0. The molecule has 0 bridgehead atoms. The summed E-state index contributed by atoms with van der Waals surface area (Å²) in [6.45, 7) is -0.330. The number of nitrogens with zero attached hydrogens (tertiary/aromatic N) is 2. The first-order chi connectivity index (χ1) is 10.5. The molecule has 0 saturated carbocycles. The Balaban J connectivity index is 2.20. The van der Waals surface area contributed by atoms with Gasteiger partial charge in [0, 0.05) is 13.3 Å². The highest BCUT2D eigenvalue weighted by Crippen LogP contribution is 2.28. The number of likely N-dealkylation sites (N-methyl/N-ethyl adjacent to an activating group) is 1. The van der Waals surface area contributed by atoms with Gasteiger partial charge in [0.05, 0.1) is 27.9 Å². The molecule has 1 aromatic heterocycles. The molecule has 0 unspecified atom stereocenters. The van der Waals surface area contributed by atoms with Gasteiger partial charge in [-0.05, 0) is 18.2 Å². The number of carbonyl (C=O) groups excluding carboxylic acids is 1. The van der Waals surface area contributed by atoms with Crippen molar-refractivity contribution in [2.24, 2.45) is 0 Å². The van der Waals surface area contributed by atoms with Crippen LogP contribution in [-0.2, 0) is 24.7 Å². The van der Waals surface area contributed by atoms with Crippen molar-refractivity contribution in [3.8, 4) is 0 Å². The van der Waals surface area contributed by atoms with Crippen molar-refractivity contribution >= 4 is 52.5 Å². The molecule has 1 N–H and O–H groups in total. The number of sulfonamides is 1. The van der Waals surface area contributed by atoms with Gasteiger partial charge in [-0.2, -0.15) is 4.31 Å². The van der Waals surface area contributed by atoms with Gasteiger partial charge >= 0.3 is 0 Å². The summed E-state index contributed by atoms with van der Waals surface area (Å²) in [5, 5.41) is 2.78. The lowest BCUT2D eigenvalue weighted by molar-refractivity contribution is -0.116. The maximum Gasteiger partial charge on any atom is 0.241 e. The van der Waals surface area contributed by atoms with E-state index in [1.807, 2.05) is 0 Å². The predicted molar refractivity (Wildman–Crippen MR) is 88.8 cm³/mol. The third kappa shape index (κ3) is 4.47. The minimum Gasteiger partial charge on any atom is -0.301 e. The largest absolute Gasteiger partial charge is 0.301 e. The minimum absolute atomic E-state index is 0.170. The zero-order chi connectivity index (χ0) is 17.4. The number of rotatable bonds is 5. The van der Waals surface area contributed by atoms with E-state index in [9.17, 15) is 21.6 Å². The van der Waals surface area contributed by atoms with E-state index in [1.54, 1.807) is 6.07 Å². The van der Waals surface area contributed by atoms with Gasteiger partial charge < -0.3 is 5.32 Å². The van der Waals surface area contributed by atoms with Crippen molar-refractivity contribution in [2.45, 2.75) is 4.90 Å². The number of hydrogen-bond acceptors (Lipinski definition) is 7. The molecule has 8 nitrogen and oxygen atoms in total. The summed E-state index contributed by atoms with van der Waals surface area (Å²) >= 11 is 1.11. The van der Waals surface area contributed by atoms with E-state index in [-0.39, 0.29) is 16.6 Å². The van der Waals surface area contributed by atoms with Gasteiger partial charge in [0.2, 0.25) is 15.9 Å². The van der Waals surface area contributed by atoms with Crippen molar-refractivity contribution < 1.29 is 21.6 Å². The molecule has 1 heterocycles. The minimum atomic E-state index is -3.45. The lowest BCUT2D eigenvalue weighted by Crippen LogP contribution is -2.34. The second-order valence-electron chi connectivity index (χ2n) is 4.99. The third-order valence-corrected chi connectivity index (χ3v) is 6.27. The summed E-state index contributed by atoms with van der Waals surface area (Å²) in [5.41, 5.74) is 0.550. The smallest absolute Gasteiger partial charge is 0.241 e. The Kier molecular flexibility index (Phi) is 4.76.